The third-order valence-electron chi connectivity index (χ3n) is 6.79. The van der Waals surface area contributed by atoms with Gasteiger partial charge in [-0.25, -0.2) is 14.8 Å². The van der Waals surface area contributed by atoms with E-state index in [1.807, 2.05) is 25.7 Å². The van der Waals surface area contributed by atoms with Crippen LogP contribution in [0, 0.1) is 0 Å². The van der Waals surface area contributed by atoms with E-state index in [-0.39, 0.29) is 11.5 Å². The highest BCUT2D eigenvalue weighted by Gasteiger charge is 2.49. The molecule has 0 radical (unpaired) electrons. The fourth-order valence-corrected chi connectivity index (χ4v) is 4.86. The zero-order valence-electron chi connectivity index (χ0n) is 20.0. The van der Waals surface area contributed by atoms with E-state index in [1.165, 1.54) is 11.1 Å². The monoisotopic (exact) mass is 450 g/mol. The van der Waals surface area contributed by atoms with Gasteiger partial charge in [0.25, 0.3) is 0 Å². The van der Waals surface area contributed by atoms with E-state index in [9.17, 15) is 4.79 Å². The van der Waals surface area contributed by atoms with Crippen molar-refractivity contribution in [3.05, 3.63) is 53.0 Å². The molecule has 1 aromatic heterocycles. The molecular formula is C26H34N4O3. The van der Waals surface area contributed by atoms with Crippen LogP contribution in [0.5, 0.6) is 0 Å². The summed E-state index contributed by atoms with van der Waals surface area (Å²) in [6, 6.07) is 10.6. The molecule has 0 atom stereocenters. The van der Waals surface area contributed by atoms with Gasteiger partial charge in [-0.3, -0.25) is 0 Å². The molecule has 176 valence electrons. The van der Waals surface area contributed by atoms with Crippen LogP contribution < -0.4 is 4.90 Å². The minimum Gasteiger partial charge on any atom is -0.444 e. The molecule has 1 aromatic carbocycles. The number of nitrogens with zero attached hydrogens (tertiary/aromatic N) is 4. The number of hydrogen-bond donors (Lipinski definition) is 0. The van der Waals surface area contributed by atoms with Gasteiger partial charge < -0.3 is 19.3 Å². The van der Waals surface area contributed by atoms with Crippen molar-refractivity contribution in [3.63, 3.8) is 0 Å². The van der Waals surface area contributed by atoms with Gasteiger partial charge in [-0.05, 0) is 45.6 Å². The van der Waals surface area contributed by atoms with Crippen LogP contribution in [-0.4, -0.2) is 66.0 Å². The van der Waals surface area contributed by atoms with Gasteiger partial charge in [0.2, 0.25) is 0 Å². The van der Waals surface area contributed by atoms with Crippen LogP contribution in [0.15, 0.2) is 30.3 Å². The van der Waals surface area contributed by atoms with Gasteiger partial charge in [0, 0.05) is 38.2 Å². The molecule has 1 saturated heterocycles. The zero-order valence-corrected chi connectivity index (χ0v) is 20.0. The first-order valence-corrected chi connectivity index (χ1v) is 12.1. The second kappa shape index (κ2) is 8.60. The fourth-order valence-electron chi connectivity index (χ4n) is 4.86. The molecule has 1 saturated carbocycles. The second-order valence-corrected chi connectivity index (χ2v) is 10.3. The SMILES string of the molecule is CC(C)(C)OC(=O)N1CCc2nc(C3(c4ccccc4)CC3)nc(N3CCOCC3)c2CC1. The number of benzene rings is 1. The Bertz CT molecular complexity index is 1010. The predicted octanol–water partition coefficient (Wildman–Crippen LogP) is 3.73. The van der Waals surface area contributed by atoms with E-state index in [0.717, 1.165) is 49.7 Å². The Labute approximate surface area is 196 Å². The molecule has 0 N–H and O–H groups in total. The number of carbonyl (C=O) groups is 1. The number of carbonyl (C=O) groups excluding carboxylic acids is 1. The summed E-state index contributed by atoms with van der Waals surface area (Å²) in [5.41, 5.74) is 2.96. The van der Waals surface area contributed by atoms with E-state index in [0.29, 0.717) is 32.7 Å². The summed E-state index contributed by atoms with van der Waals surface area (Å²) in [4.78, 5) is 27.3. The third-order valence-corrected chi connectivity index (χ3v) is 6.79. The zero-order chi connectivity index (χ0) is 23.1. The molecule has 33 heavy (non-hydrogen) atoms. The van der Waals surface area contributed by atoms with Gasteiger partial charge in [-0.1, -0.05) is 30.3 Å². The molecule has 0 spiro atoms. The van der Waals surface area contributed by atoms with Gasteiger partial charge in [-0.15, -0.1) is 0 Å². The first-order chi connectivity index (χ1) is 15.9. The molecule has 2 fully saturated rings. The molecule has 2 aromatic rings. The quantitative estimate of drug-likeness (QED) is 0.710. The van der Waals surface area contributed by atoms with E-state index in [1.54, 1.807) is 0 Å². The van der Waals surface area contributed by atoms with E-state index >= 15 is 0 Å². The van der Waals surface area contributed by atoms with Crippen molar-refractivity contribution in [2.45, 2.75) is 57.5 Å². The lowest BCUT2D eigenvalue weighted by Crippen LogP contribution is -2.39. The molecule has 1 aliphatic carbocycles. The largest absolute Gasteiger partial charge is 0.444 e. The maximum absolute atomic E-state index is 12.8. The van der Waals surface area contributed by atoms with Crippen molar-refractivity contribution < 1.29 is 14.3 Å². The molecule has 3 aliphatic rings. The molecule has 5 rings (SSSR count). The van der Waals surface area contributed by atoms with Crippen LogP contribution in [0.3, 0.4) is 0 Å². The highest BCUT2D eigenvalue weighted by atomic mass is 16.6. The van der Waals surface area contributed by atoms with Crippen molar-refractivity contribution in [3.8, 4) is 0 Å². The molecule has 0 unspecified atom stereocenters. The summed E-state index contributed by atoms with van der Waals surface area (Å²) < 4.78 is 11.3. The summed E-state index contributed by atoms with van der Waals surface area (Å²) in [5, 5.41) is 0. The highest BCUT2D eigenvalue weighted by Crippen LogP contribution is 2.52. The van der Waals surface area contributed by atoms with Gasteiger partial charge in [0.1, 0.15) is 17.2 Å². The molecule has 3 heterocycles. The second-order valence-electron chi connectivity index (χ2n) is 10.3. The van der Waals surface area contributed by atoms with Gasteiger partial charge in [0.15, 0.2) is 0 Å². The third kappa shape index (κ3) is 4.56. The molecule has 1 amide bonds. The number of hydrogen-bond acceptors (Lipinski definition) is 6. The standard InChI is InChI=1S/C26H34N4O3/c1-25(2,3)33-24(31)30-13-9-20-21(10-14-30)27-23(28-22(20)29-15-17-32-18-16-29)26(11-12-26)19-7-5-4-6-8-19/h4-8H,9-18H2,1-3H3. The van der Waals surface area contributed by atoms with E-state index in [2.05, 4.69) is 35.2 Å². The average Bonchev–Trinajstić information content (AvgIpc) is 3.63. The van der Waals surface area contributed by atoms with Gasteiger partial charge in [-0.2, -0.15) is 0 Å². The van der Waals surface area contributed by atoms with Crippen LogP contribution in [0.2, 0.25) is 0 Å². The van der Waals surface area contributed by atoms with Crippen LogP contribution >= 0.6 is 0 Å². The van der Waals surface area contributed by atoms with Crippen molar-refractivity contribution in [1.82, 2.24) is 14.9 Å². The molecule has 7 nitrogen and oxygen atoms in total. The summed E-state index contributed by atoms with van der Waals surface area (Å²) >= 11 is 0. The summed E-state index contributed by atoms with van der Waals surface area (Å²) in [6.07, 6.45) is 3.34. The summed E-state index contributed by atoms with van der Waals surface area (Å²) in [5.74, 6) is 1.96. The van der Waals surface area contributed by atoms with Crippen molar-refractivity contribution in [1.29, 1.82) is 0 Å². The first kappa shape index (κ1) is 22.1. The topological polar surface area (TPSA) is 67.8 Å². The van der Waals surface area contributed by atoms with Gasteiger partial charge >= 0.3 is 6.09 Å². The Morgan fingerprint density at radius 3 is 2.36 bits per heavy atom. The van der Waals surface area contributed by atoms with E-state index < -0.39 is 5.60 Å². The Balaban J connectivity index is 1.50. The highest BCUT2D eigenvalue weighted by molar-refractivity contribution is 5.68. The Hall–Kier alpha value is -2.67. The van der Waals surface area contributed by atoms with Gasteiger partial charge in [0.05, 0.1) is 24.3 Å². The number of fused-ring (bicyclic) bond motifs is 1. The Morgan fingerprint density at radius 2 is 1.70 bits per heavy atom. The molecule has 7 heteroatoms. The Morgan fingerprint density at radius 1 is 1.00 bits per heavy atom. The van der Waals surface area contributed by atoms with Crippen LogP contribution in [0.4, 0.5) is 10.6 Å². The fraction of sp³-hybridized carbons (Fsp3) is 0.577. The maximum atomic E-state index is 12.8. The lowest BCUT2D eigenvalue weighted by molar-refractivity contribution is 0.0258. The summed E-state index contributed by atoms with van der Waals surface area (Å²) in [6.45, 7) is 10.0. The van der Waals surface area contributed by atoms with Crippen LogP contribution in [0.1, 0.15) is 56.3 Å². The number of rotatable bonds is 3. The minimum atomic E-state index is -0.504. The van der Waals surface area contributed by atoms with E-state index in [4.69, 9.17) is 19.4 Å². The number of anilines is 1. The van der Waals surface area contributed by atoms with Crippen molar-refractivity contribution in [2.75, 3.05) is 44.3 Å². The molecular weight excluding hydrogens is 416 g/mol. The van der Waals surface area contributed by atoms with Crippen LogP contribution in [0.25, 0.3) is 0 Å². The minimum absolute atomic E-state index is 0.0888. The normalized spacial score (nSPS) is 20.1. The van der Waals surface area contributed by atoms with Crippen LogP contribution in [-0.2, 0) is 27.7 Å². The Kier molecular flexibility index (Phi) is 5.77. The number of amides is 1. The maximum Gasteiger partial charge on any atom is 0.410 e. The summed E-state index contributed by atoms with van der Waals surface area (Å²) in [7, 11) is 0. The lowest BCUT2D eigenvalue weighted by atomic mass is 9.94. The smallest absolute Gasteiger partial charge is 0.410 e. The van der Waals surface area contributed by atoms with Crippen molar-refractivity contribution in [2.24, 2.45) is 0 Å². The lowest BCUT2D eigenvalue weighted by Gasteiger charge is -2.31. The average molecular weight is 451 g/mol. The number of morpholine rings is 1. The first-order valence-electron chi connectivity index (χ1n) is 12.1. The predicted molar refractivity (Wildman–Crippen MR) is 127 cm³/mol. The van der Waals surface area contributed by atoms with Crippen molar-refractivity contribution >= 4 is 11.9 Å². The molecule has 0 bridgehead atoms. The molecule has 2 aliphatic heterocycles. The number of aromatic nitrogens is 2. The number of ether oxygens (including phenoxy) is 2.